The van der Waals surface area contributed by atoms with Crippen molar-refractivity contribution in [3.63, 3.8) is 0 Å². The molecule has 3 rings (SSSR count). The first-order valence-electron chi connectivity index (χ1n) is 7.07. The van der Waals surface area contributed by atoms with E-state index in [1.165, 1.54) is 4.90 Å². The standard InChI is InChI=1S/C16H16ClN3O2/c1-10(11-5-7-13(17)8-6-11)16(21)20(2)9-14-18-15(22-19-14)12-3-4-12/h5-8,12H,1,3-4,9H2,2H3. The van der Waals surface area contributed by atoms with Gasteiger partial charge in [0.25, 0.3) is 5.91 Å². The molecule has 1 heterocycles. The quantitative estimate of drug-likeness (QED) is 0.794. The number of rotatable bonds is 5. The molecule has 1 aliphatic carbocycles. The average Bonchev–Trinajstić information content (AvgIpc) is 3.27. The summed E-state index contributed by atoms with van der Waals surface area (Å²) >= 11 is 5.85. The van der Waals surface area contributed by atoms with Gasteiger partial charge in [0, 0.05) is 23.6 Å². The Morgan fingerprint density at radius 1 is 1.41 bits per heavy atom. The highest BCUT2D eigenvalue weighted by atomic mass is 35.5. The Morgan fingerprint density at radius 3 is 2.73 bits per heavy atom. The van der Waals surface area contributed by atoms with Gasteiger partial charge in [-0.25, -0.2) is 0 Å². The third-order valence-electron chi connectivity index (χ3n) is 3.59. The van der Waals surface area contributed by atoms with Crippen molar-refractivity contribution in [1.82, 2.24) is 15.0 Å². The van der Waals surface area contributed by atoms with Gasteiger partial charge in [0.05, 0.1) is 6.54 Å². The van der Waals surface area contributed by atoms with Crippen molar-refractivity contribution in [1.29, 1.82) is 0 Å². The van der Waals surface area contributed by atoms with Crippen molar-refractivity contribution in [3.8, 4) is 0 Å². The molecule has 6 heteroatoms. The van der Waals surface area contributed by atoms with Crippen LogP contribution < -0.4 is 0 Å². The van der Waals surface area contributed by atoms with Gasteiger partial charge in [-0.05, 0) is 30.5 Å². The van der Waals surface area contributed by atoms with Gasteiger partial charge in [-0.15, -0.1) is 0 Å². The molecule has 0 spiro atoms. The first-order valence-corrected chi connectivity index (χ1v) is 7.45. The van der Waals surface area contributed by atoms with Crippen molar-refractivity contribution in [3.05, 3.63) is 53.1 Å². The van der Waals surface area contributed by atoms with Crippen molar-refractivity contribution in [2.24, 2.45) is 0 Å². The van der Waals surface area contributed by atoms with E-state index in [4.69, 9.17) is 16.1 Å². The van der Waals surface area contributed by atoms with Crippen molar-refractivity contribution in [2.45, 2.75) is 25.3 Å². The Labute approximate surface area is 133 Å². The number of amides is 1. The molecule has 0 atom stereocenters. The molecule has 1 aliphatic rings. The van der Waals surface area contributed by atoms with Crippen LogP contribution in [-0.4, -0.2) is 28.0 Å². The Morgan fingerprint density at radius 2 is 2.09 bits per heavy atom. The molecule has 0 radical (unpaired) electrons. The predicted octanol–water partition coefficient (Wildman–Crippen LogP) is 3.27. The lowest BCUT2D eigenvalue weighted by Gasteiger charge is -2.16. The molecule has 114 valence electrons. The number of likely N-dealkylation sites (N-methyl/N-ethyl adjacent to an activating group) is 1. The fourth-order valence-electron chi connectivity index (χ4n) is 2.12. The van der Waals surface area contributed by atoms with E-state index in [-0.39, 0.29) is 5.91 Å². The Balaban J connectivity index is 1.65. The number of carbonyl (C=O) groups is 1. The van der Waals surface area contributed by atoms with E-state index in [1.54, 1.807) is 31.3 Å². The second kappa shape index (κ2) is 5.93. The zero-order valence-electron chi connectivity index (χ0n) is 12.3. The topological polar surface area (TPSA) is 59.2 Å². The average molecular weight is 318 g/mol. The third-order valence-corrected chi connectivity index (χ3v) is 3.84. The lowest BCUT2D eigenvalue weighted by molar-refractivity contribution is -0.124. The van der Waals surface area contributed by atoms with Gasteiger partial charge in [-0.2, -0.15) is 4.98 Å². The minimum atomic E-state index is -0.180. The predicted molar refractivity (Wildman–Crippen MR) is 83.2 cm³/mol. The van der Waals surface area contributed by atoms with E-state index in [9.17, 15) is 4.79 Å². The highest BCUT2D eigenvalue weighted by molar-refractivity contribution is 6.30. The van der Waals surface area contributed by atoms with E-state index in [0.717, 1.165) is 18.4 Å². The Kier molecular flexibility index (Phi) is 3.98. The van der Waals surface area contributed by atoms with Crippen molar-refractivity contribution in [2.75, 3.05) is 7.05 Å². The van der Waals surface area contributed by atoms with Crippen LogP contribution in [0.3, 0.4) is 0 Å². The lowest BCUT2D eigenvalue weighted by Crippen LogP contribution is -2.27. The van der Waals surface area contributed by atoms with Crippen LogP contribution in [0.1, 0.15) is 36.0 Å². The summed E-state index contributed by atoms with van der Waals surface area (Å²) in [7, 11) is 1.69. The fraction of sp³-hybridized carbons (Fsp3) is 0.312. The second-order valence-corrected chi connectivity index (χ2v) is 5.91. The monoisotopic (exact) mass is 317 g/mol. The van der Waals surface area contributed by atoms with Gasteiger partial charge in [-0.1, -0.05) is 35.5 Å². The molecule has 1 fully saturated rings. The summed E-state index contributed by atoms with van der Waals surface area (Å²) in [6.45, 7) is 4.16. The van der Waals surface area contributed by atoms with Crippen LogP contribution in [0.25, 0.3) is 5.57 Å². The van der Waals surface area contributed by atoms with Gasteiger partial charge in [-0.3, -0.25) is 4.79 Å². The number of nitrogens with zero attached hydrogens (tertiary/aromatic N) is 3. The first kappa shape index (κ1) is 14.8. The summed E-state index contributed by atoms with van der Waals surface area (Å²) in [5.74, 6) is 1.42. The van der Waals surface area contributed by atoms with E-state index < -0.39 is 0 Å². The highest BCUT2D eigenvalue weighted by Gasteiger charge is 2.30. The molecule has 0 saturated heterocycles. The maximum Gasteiger partial charge on any atom is 0.254 e. The summed E-state index contributed by atoms with van der Waals surface area (Å²) in [4.78, 5) is 18.2. The van der Waals surface area contributed by atoms with Gasteiger partial charge in [0.2, 0.25) is 5.89 Å². The van der Waals surface area contributed by atoms with Crippen molar-refractivity contribution >= 4 is 23.1 Å². The Bertz CT molecular complexity index is 704. The van der Waals surface area contributed by atoms with Crippen LogP contribution in [-0.2, 0) is 11.3 Å². The first-order chi connectivity index (χ1) is 10.5. The number of carbonyl (C=O) groups excluding carboxylic acids is 1. The van der Waals surface area contributed by atoms with Crippen molar-refractivity contribution < 1.29 is 9.32 Å². The largest absolute Gasteiger partial charge is 0.339 e. The van der Waals surface area contributed by atoms with E-state index in [0.29, 0.717) is 34.8 Å². The Hall–Kier alpha value is -2.14. The number of hydrogen-bond acceptors (Lipinski definition) is 4. The van der Waals surface area contributed by atoms with Crippen LogP contribution in [0.2, 0.25) is 5.02 Å². The van der Waals surface area contributed by atoms with Gasteiger partial charge >= 0.3 is 0 Å². The molecule has 1 saturated carbocycles. The number of hydrogen-bond donors (Lipinski definition) is 0. The molecule has 0 N–H and O–H groups in total. The van der Waals surface area contributed by atoms with Crippen LogP contribution in [0.5, 0.6) is 0 Å². The number of halogens is 1. The fourth-order valence-corrected chi connectivity index (χ4v) is 2.24. The molecule has 0 bridgehead atoms. The number of aromatic nitrogens is 2. The lowest BCUT2D eigenvalue weighted by atomic mass is 10.1. The third kappa shape index (κ3) is 3.20. The summed E-state index contributed by atoms with van der Waals surface area (Å²) in [5.41, 5.74) is 1.15. The van der Waals surface area contributed by atoms with Crippen LogP contribution in [0, 0.1) is 0 Å². The molecule has 0 unspecified atom stereocenters. The zero-order chi connectivity index (χ0) is 15.7. The highest BCUT2D eigenvalue weighted by Crippen LogP contribution is 2.38. The molecule has 0 aliphatic heterocycles. The summed E-state index contributed by atoms with van der Waals surface area (Å²) in [6.07, 6.45) is 2.20. The van der Waals surface area contributed by atoms with Crippen LogP contribution >= 0.6 is 11.6 Å². The van der Waals surface area contributed by atoms with Crippen LogP contribution in [0.4, 0.5) is 0 Å². The smallest absolute Gasteiger partial charge is 0.254 e. The van der Waals surface area contributed by atoms with Crippen LogP contribution in [0.15, 0.2) is 35.4 Å². The summed E-state index contributed by atoms with van der Waals surface area (Å²) in [5, 5.41) is 4.54. The SMILES string of the molecule is C=C(C(=O)N(C)Cc1noc(C2CC2)n1)c1ccc(Cl)cc1. The van der Waals surface area contributed by atoms with E-state index in [1.807, 2.05) is 0 Å². The molecule has 5 nitrogen and oxygen atoms in total. The maximum absolute atomic E-state index is 12.4. The van der Waals surface area contributed by atoms with Gasteiger partial charge in [0.1, 0.15) is 0 Å². The zero-order valence-corrected chi connectivity index (χ0v) is 13.0. The van der Waals surface area contributed by atoms with E-state index >= 15 is 0 Å². The molecule has 22 heavy (non-hydrogen) atoms. The van der Waals surface area contributed by atoms with Gasteiger partial charge in [0.15, 0.2) is 5.82 Å². The minimum Gasteiger partial charge on any atom is -0.339 e. The van der Waals surface area contributed by atoms with E-state index in [2.05, 4.69) is 16.7 Å². The normalized spacial score (nSPS) is 13.9. The molecule has 1 amide bonds. The maximum atomic E-state index is 12.4. The molecule has 1 aromatic carbocycles. The second-order valence-electron chi connectivity index (χ2n) is 5.47. The molecular formula is C16H16ClN3O2. The summed E-state index contributed by atoms with van der Waals surface area (Å²) < 4.78 is 5.19. The molecular weight excluding hydrogens is 302 g/mol. The minimum absolute atomic E-state index is 0.180. The van der Waals surface area contributed by atoms with Gasteiger partial charge < -0.3 is 9.42 Å². The molecule has 1 aromatic heterocycles. The number of benzene rings is 1. The summed E-state index contributed by atoms with van der Waals surface area (Å²) in [6, 6.07) is 7.01. The molecule has 2 aromatic rings.